The molecule has 2 amide bonds. The van der Waals surface area contributed by atoms with E-state index in [9.17, 15) is 9.59 Å². The Kier molecular flexibility index (Phi) is 3.07. The third kappa shape index (κ3) is 2.26. The Morgan fingerprint density at radius 2 is 1.88 bits per heavy atom. The number of imide groups is 1. The van der Waals surface area contributed by atoms with Gasteiger partial charge in [0.2, 0.25) is 11.8 Å². The van der Waals surface area contributed by atoms with Gasteiger partial charge in [0.15, 0.2) is 0 Å². The number of benzene rings is 1. The van der Waals surface area contributed by atoms with E-state index in [1.165, 1.54) is 6.07 Å². The Balaban J connectivity index is 2.38. The number of halogens is 1. The van der Waals surface area contributed by atoms with Gasteiger partial charge in [-0.15, -0.1) is 0 Å². The molecule has 0 aliphatic carbocycles. The minimum atomic E-state index is -0.208. The molecule has 0 bridgehead atoms. The largest absolute Gasteiger partial charge is 0.399 e. The van der Waals surface area contributed by atoms with Crippen molar-refractivity contribution < 1.29 is 9.59 Å². The lowest BCUT2D eigenvalue weighted by molar-refractivity contribution is -0.130. The van der Waals surface area contributed by atoms with Crippen molar-refractivity contribution in [2.24, 2.45) is 5.92 Å². The third-order valence-corrected chi connectivity index (χ3v) is 3.06. The summed E-state index contributed by atoms with van der Waals surface area (Å²) >= 11 is 6.00. The van der Waals surface area contributed by atoms with Crippen LogP contribution in [-0.2, 0) is 9.59 Å². The molecule has 0 radical (unpaired) electrons. The van der Waals surface area contributed by atoms with Gasteiger partial charge in [0.05, 0.1) is 10.7 Å². The Morgan fingerprint density at radius 3 is 2.41 bits per heavy atom. The van der Waals surface area contributed by atoms with Crippen LogP contribution in [0.2, 0.25) is 5.02 Å². The van der Waals surface area contributed by atoms with E-state index in [0.29, 0.717) is 29.2 Å². The monoisotopic (exact) mass is 252 g/mol. The Bertz CT molecular complexity index is 469. The van der Waals surface area contributed by atoms with Crippen LogP contribution in [0.5, 0.6) is 0 Å². The predicted octanol–water partition coefficient (Wildman–Crippen LogP) is 2.21. The highest BCUT2D eigenvalue weighted by atomic mass is 35.5. The molecule has 90 valence electrons. The van der Waals surface area contributed by atoms with Gasteiger partial charge in [-0.05, 0) is 24.1 Å². The summed E-state index contributed by atoms with van der Waals surface area (Å²) < 4.78 is 0. The summed E-state index contributed by atoms with van der Waals surface area (Å²) in [7, 11) is 0. The van der Waals surface area contributed by atoms with E-state index < -0.39 is 0 Å². The quantitative estimate of drug-likeness (QED) is 0.616. The van der Waals surface area contributed by atoms with Crippen LogP contribution in [0.3, 0.4) is 0 Å². The minimum absolute atomic E-state index is 0.0961. The van der Waals surface area contributed by atoms with Crippen molar-refractivity contribution in [1.82, 2.24) is 0 Å². The maximum Gasteiger partial charge on any atom is 0.234 e. The van der Waals surface area contributed by atoms with Crippen molar-refractivity contribution >= 4 is 34.8 Å². The van der Waals surface area contributed by atoms with Crippen LogP contribution in [0.1, 0.15) is 19.8 Å². The maximum atomic E-state index is 11.9. The first-order chi connectivity index (χ1) is 7.99. The zero-order chi connectivity index (χ0) is 12.6. The highest BCUT2D eigenvalue weighted by Gasteiger charge is 2.32. The number of amides is 2. The van der Waals surface area contributed by atoms with Crippen LogP contribution in [-0.4, -0.2) is 11.8 Å². The predicted molar refractivity (Wildman–Crippen MR) is 66.8 cm³/mol. The second kappa shape index (κ2) is 4.37. The molecule has 5 heteroatoms. The molecule has 1 aliphatic rings. The molecule has 1 fully saturated rings. The van der Waals surface area contributed by atoms with Crippen LogP contribution in [0, 0.1) is 5.92 Å². The summed E-state index contributed by atoms with van der Waals surface area (Å²) in [5.41, 5.74) is 6.50. The number of rotatable bonds is 1. The lowest BCUT2D eigenvalue weighted by Crippen LogP contribution is -2.43. The van der Waals surface area contributed by atoms with E-state index in [1.807, 2.05) is 6.92 Å². The highest BCUT2D eigenvalue weighted by molar-refractivity contribution is 6.35. The summed E-state index contributed by atoms with van der Waals surface area (Å²) in [5, 5.41) is 0.321. The normalized spacial score (nSPS) is 17.6. The molecule has 4 nitrogen and oxygen atoms in total. The number of carbonyl (C=O) groups is 2. The van der Waals surface area contributed by atoms with Gasteiger partial charge >= 0.3 is 0 Å². The average Bonchev–Trinajstić information content (AvgIpc) is 2.19. The Hall–Kier alpha value is -1.55. The van der Waals surface area contributed by atoms with Crippen LogP contribution in [0.25, 0.3) is 0 Å². The molecule has 0 unspecified atom stereocenters. The lowest BCUT2D eigenvalue weighted by atomic mass is 9.97. The average molecular weight is 253 g/mol. The number of anilines is 2. The molecule has 0 saturated carbocycles. The molecule has 1 heterocycles. The second-order valence-corrected chi connectivity index (χ2v) is 4.75. The van der Waals surface area contributed by atoms with Crippen LogP contribution in [0.4, 0.5) is 11.4 Å². The smallest absolute Gasteiger partial charge is 0.234 e. The number of nitrogens with two attached hydrogens (primary N) is 1. The van der Waals surface area contributed by atoms with E-state index in [2.05, 4.69) is 0 Å². The molecule has 1 saturated heterocycles. The van der Waals surface area contributed by atoms with Gasteiger partial charge in [-0.2, -0.15) is 0 Å². The number of nitrogens with zero attached hydrogens (tertiary/aromatic N) is 1. The first kappa shape index (κ1) is 11.9. The highest BCUT2D eigenvalue weighted by Crippen LogP contribution is 2.32. The molecular weight excluding hydrogens is 240 g/mol. The van der Waals surface area contributed by atoms with Gasteiger partial charge in [-0.3, -0.25) is 9.59 Å². The molecule has 0 aromatic heterocycles. The topological polar surface area (TPSA) is 63.4 Å². The van der Waals surface area contributed by atoms with Crippen molar-refractivity contribution in [3.05, 3.63) is 23.2 Å². The summed E-state index contributed by atoms with van der Waals surface area (Å²) in [4.78, 5) is 24.9. The van der Waals surface area contributed by atoms with Crippen molar-refractivity contribution in [1.29, 1.82) is 0 Å². The van der Waals surface area contributed by atoms with E-state index in [0.717, 1.165) is 4.90 Å². The van der Waals surface area contributed by atoms with Gasteiger partial charge in [0.25, 0.3) is 0 Å². The van der Waals surface area contributed by atoms with Gasteiger partial charge in [-0.1, -0.05) is 18.5 Å². The molecule has 1 aliphatic heterocycles. The summed E-state index contributed by atoms with van der Waals surface area (Å²) in [6, 6.07) is 4.76. The number of carbonyl (C=O) groups excluding carboxylic acids is 2. The van der Waals surface area contributed by atoms with Gasteiger partial charge in [0, 0.05) is 18.5 Å². The fourth-order valence-corrected chi connectivity index (χ4v) is 2.24. The minimum Gasteiger partial charge on any atom is -0.399 e. The second-order valence-electron chi connectivity index (χ2n) is 4.35. The fraction of sp³-hybridized carbons (Fsp3) is 0.333. The first-order valence-electron chi connectivity index (χ1n) is 5.40. The summed E-state index contributed by atoms with van der Waals surface area (Å²) in [6.45, 7) is 1.89. The van der Waals surface area contributed by atoms with E-state index in [4.69, 9.17) is 17.3 Å². The van der Waals surface area contributed by atoms with Crippen LogP contribution >= 0.6 is 11.6 Å². The number of hydrogen-bond donors (Lipinski definition) is 1. The summed E-state index contributed by atoms with van der Waals surface area (Å²) in [5.74, 6) is -0.320. The van der Waals surface area contributed by atoms with Crippen LogP contribution in [0.15, 0.2) is 18.2 Å². The zero-order valence-electron chi connectivity index (χ0n) is 9.44. The molecular formula is C12H13ClN2O2. The van der Waals surface area contributed by atoms with E-state index in [1.54, 1.807) is 12.1 Å². The molecule has 1 aromatic rings. The molecule has 0 atom stereocenters. The van der Waals surface area contributed by atoms with Gasteiger partial charge in [-0.25, -0.2) is 4.90 Å². The molecule has 0 spiro atoms. The van der Waals surface area contributed by atoms with Gasteiger partial charge in [0.1, 0.15) is 0 Å². The molecule has 2 rings (SSSR count). The molecule has 17 heavy (non-hydrogen) atoms. The molecule has 1 aromatic carbocycles. The molecule has 2 N–H and O–H groups in total. The lowest BCUT2D eigenvalue weighted by Gasteiger charge is -2.28. The number of nitrogen functional groups attached to an aromatic ring is 1. The van der Waals surface area contributed by atoms with Crippen molar-refractivity contribution in [2.75, 3.05) is 10.6 Å². The van der Waals surface area contributed by atoms with E-state index >= 15 is 0 Å². The third-order valence-electron chi connectivity index (χ3n) is 2.76. The van der Waals surface area contributed by atoms with E-state index in [-0.39, 0.29) is 17.7 Å². The van der Waals surface area contributed by atoms with Crippen molar-refractivity contribution in [2.45, 2.75) is 19.8 Å². The number of piperidine rings is 1. The summed E-state index contributed by atoms with van der Waals surface area (Å²) in [6.07, 6.45) is 0.735. The Morgan fingerprint density at radius 1 is 1.29 bits per heavy atom. The fourth-order valence-electron chi connectivity index (χ4n) is 1.96. The van der Waals surface area contributed by atoms with Gasteiger partial charge < -0.3 is 5.73 Å². The SMILES string of the molecule is CC1CC(=O)N(c2ccc(N)cc2Cl)C(=O)C1. The Labute approximate surface area is 104 Å². The first-order valence-corrected chi connectivity index (χ1v) is 5.77. The standard InChI is InChI=1S/C12H13ClN2O2/c1-7-4-11(16)15(12(17)5-7)10-3-2-8(14)6-9(10)13/h2-3,6-7H,4-5,14H2,1H3. The zero-order valence-corrected chi connectivity index (χ0v) is 10.2. The maximum absolute atomic E-state index is 11.9. The number of hydrogen-bond acceptors (Lipinski definition) is 3. The van der Waals surface area contributed by atoms with Crippen LogP contribution < -0.4 is 10.6 Å². The van der Waals surface area contributed by atoms with Crippen molar-refractivity contribution in [3.63, 3.8) is 0 Å². The van der Waals surface area contributed by atoms with Crippen molar-refractivity contribution in [3.8, 4) is 0 Å².